The second-order valence-corrected chi connectivity index (χ2v) is 7.55. The lowest BCUT2D eigenvalue weighted by Crippen LogP contribution is -2.51. The Balaban J connectivity index is 1.42. The Morgan fingerprint density at radius 3 is 2.80 bits per heavy atom. The number of piperidine rings is 1. The monoisotopic (exact) mass is 367 g/mol. The minimum atomic E-state index is -0.658. The first-order chi connectivity index (χ1) is 12.0. The van der Waals surface area contributed by atoms with E-state index in [2.05, 4.69) is 10.6 Å². The lowest BCUT2D eigenvalue weighted by Gasteiger charge is -2.33. The molecule has 2 aliphatic rings. The molecule has 0 unspecified atom stereocenters. The molecule has 2 aliphatic heterocycles. The number of thiophene rings is 1. The summed E-state index contributed by atoms with van der Waals surface area (Å²) in [6.07, 6.45) is 0.693. The molecule has 2 amide bonds. The maximum atomic E-state index is 12.0. The zero-order valence-corrected chi connectivity index (χ0v) is 15.1. The highest BCUT2D eigenvalue weighted by Crippen LogP contribution is 2.18. The molecule has 0 aliphatic carbocycles. The van der Waals surface area contributed by atoms with Crippen molar-refractivity contribution >= 4 is 23.2 Å². The molecule has 2 saturated heterocycles. The number of hydrogen-bond acceptors (Lipinski definition) is 6. The number of carbonyl (C=O) groups excluding carboxylic acids is 2. The largest absolute Gasteiger partial charge is 0.389 e. The number of likely N-dealkylation sites (tertiary alicyclic amines) is 1. The number of aliphatic hydroxyl groups is 1. The number of hydrogen-bond donors (Lipinski definition) is 3. The minimum Gasteiger partial charge on any atom is -0.389 e. The Kier molecular flexibility index (Phi) is 6.06. The number of ether oxygens (including phenoxy) is 1. The van der Waals surface area contributed by atoms with E-state index < -0.39 is 12.2 Å². The summed E-state index contributed by atoms with van der Waals surface area (Å²) in [5, 5.41) is 18.6. The maximum absolute atomic E-state index is 12.0. The van der Waals surface area contributed by atoms with Crippen LogP contribution in [-0.4, -0.2) is 72.4 Å². The molecule has 25 heavy (non-hydrogen) atoms. The van der Waals surface area contributed by atoms with Crippen LogP contribution in [0.4, 0.5) is 0 Å². The topological polar surface area (TPSA) is 90.9 Å². The van der Waals surface area contributed by atoms with Crippen molar-refractivity contribution in [2.75, 3.05) is 26.2 Å². The Labute approximate surface area is 151 Å². The predicted octanol–water partition coefficient (Wildman–Crippen LogP) is 0.207. The van der Waals surface area contributed by atoms with Crippen LogP contribution < -0.4 is 10.6 Å². The van der Waals surface area contributed by atoms with Crippen LogP contribution in [0.1, 0.15) is 29.4 Å². The summed E-state index contributed by atoms with van der Waals surface area (Å²) in [6.45, 7) is 3.80. The van der Waals surface area contributed by atoms with Crippen LogP contribution in [0.5, 0.6) is 0 Å². The van der Waals surface area contributed by atoms with E-state index in [1.165, 1.54) is 11.3 Å². The molecule has 0 aromatic carbocycles. The molecule has 3 atom stereocenters. The third-order valence-corrected chi connectivity index (χ3v) is 5.75. The fraction of sp³-hybridized carbons (Fsp3) is 0.647. The number of amides is 2. The molecule has 3 N–H and O–H groups in total. The van der Waals surface area contributed by atoms with E-state index in [1.54, 1.807) is 13.0 Å². The van der Waals surface area contributed by atoms with E-state index in [1.807, 2.05) is 16.3 Å². The molecule has 0 radical (unpaired) electrons. The second-order valence-electron chi connectivity index (χ2n) is 6.60. The van der Waals surface area contributed by atoms with Crippen molar-refractivity contribution in [3.05, 3.63) is 22.4 Å². The third kappa shape index (κ3) is 4.58. The van der Waals surface area contributed by atoms with Crippen LogP contribution in [0.2, 0.25) is 0 Å². The van der Waals surface area contributed by atoms with Crippen molar-refractivity contribution in [1.29, 1.82) is 0 Å². The Morgan fingerprint density at radius 2 is 2.16 bits per heavy atom. The van der Waals surface area contributed by atoms with E-state index in [4.69, 9.17) is 4.74 Å². The van der Waals surface area contributed by atoms with E-state index in [9.17, 15) is 14.7 Å². The van der Waals surface area contributed by atoms with Gasteiger partial charge in [-0.25, -0.2) is 0 Å². The van der Waals surface area contributed by atoms with Crippen molar-refractivity contribution < 1.29 is 19.4 Å². The Bertz CT molecular complexity index is 587. The molecule has 1 aromatic rings. The number of nitrogens with zero attached hydrogens (tertiary/aromatic N) is 1. The fourth-order valence-electron chi connectivity index (χ4n) is 3.36. The van der Waals surface area contributed by atoms with Crippen LogP contribution >= 0.6 is 11.3 Å². The lowest BCUT2D eigenvalue weighted by molar-refractivity contribution is -0.129. The predicted molar refractivity (Wildman–Crippen MR) is 94.6 cm³/mol. The van der Waals surface area contributed by atoms with Gasteiger partial charge in [-0.2, -0.15) is 0 Å². The molecule has 3 heterocycles. The maximum Gasteiger partial charge on any atom is 0.261 e. The third-order valence-electron chi connectivity index (χ3n) is 4.88. The molecule has 7 nitrogen and oxygen atoms in total. The quantitative estimate of drug-likeness (QED) is 0.692. The second kappa shape index (κ2) is 8.27. The molecule has 0 saturated carbocycles. The molecular formula is C17H25N3O4S. The molecular weight excluding hydrogens is 342 g/mol. The minimum absolute atomic E-state index is 0.115. The zero-order chi connectivity index (χ0) is 17.8. The van der Waals surface area contributed by atoms with Crippen LogP contribution in [-0.2, 0) is 9.53 Å². The molecule has 8 heteroatoms. The number of carbonyl (C=O) groups is 2. The highest BCUT2D eigenvalue weighted by Gasteiger charge is 2.37. The molecule has 2 fully saturated rings. The summed E-state index contributed by atoms with van der Waals surface area (Å²) in [4.78, 5) is 25.8. The van der Waals surface area contributed by atoms with Crippen LogP contribution in [0.15, 0.2) is 17.5 Å². The van der Waals surface area contributed by atoms with Gasteiger partial charge in [0.2, 0.25) is 5.91 Å². The summed E-state index contributed by atoms with van der Waals surface area (Å²) in [6, 6.07) is 3.73. The number of aliphatic hydroxyl groups excluding tert-OH is 1. The van der Waals surface area contributed by atoms with Gasteiger partial charge in [0, 0.05) is 32.6 Å². The van der Waals surface area contributed by atoms with Crippen LogP contribution in [0, 0.1) is 0 Å². The molecule has 3 rings (SSSR count). The van der Waals surface area contributed by atoms with Gasteiger partial charge >= 0.3 is 0 Å². The van der Waals surface area contributed by atoms with Crippen molar-refractivity contribution in [3.8, 4) is 0 Å². The first-order valence-corrected chi connectivity index (χ1v) is 9.55. The number of rotatable bonds is 5. The smallest absolute Gasteiger partial charge is 0.261 e. The van der Waals surface area contributed by atoms with E-state index in [0.29, 0.717) is 18.0 Å². The summed E-state index contributed by atoms with van der Waals surface area (Å²) < 4.78 is 5.66. The van der Waals surface area contributed by atoms with Crippen molar-refractivity contribution in [1.82, 2.24) is 15.5 Å². The highest BCUT2D eigenvalue weighted by molar-refractivity contribution is 7.12. The molecule has 138 valence electrons. The van der Waals surface area contributed by atoms with Gasteiger partial charge in [0.25, 0.3) is 5.91 Å². The summed E-state index contributed by atoms with van der Waals surface area (Å²) >= 11 is 1.38. The van der Waals surface area contributed by atoms with Gasteiger partial charge in [-0.15, -0.1) is 11.3 Å². The number of nitrogens with one attached hydrogen (secondary N) is 2. The van der Waals surface area contributed by atoms with Crippen molar-refractivity contribution in [3.63, 3.8) is 0 Å². The highest BCUT2D eigenvalue weighted by atomic mass is 32.1. The van der Waals surface area contributed by atoms with Crippen molar-refractivity contribution in [2.24, 2.45) is 0 Å². The van der Waals surface area contributed by atoms with E-state index >= 15 is 0 Å². The van der Waals surface area contributed by atoms with Gasteiger partial charge in [-0.05, 0) is 24.3 Å². The van der Waals surface area contributed by atoms with Gasteiger partial charge in [0.1, 0.15) is 6.10 Å². The normalized spacial score (nSPS) is 27.4. The first-order valence-electron chi connectivity index (χ1n) is 8.67. The van der Waals surface area contributed by atoms with Crippen molar-refractivity contribution in [2.45, 2.75) is 44.1 Å². The average molecular weight is 367 g/mol. The lowest BCUT2D eigenvalue weighted by atomic mass is 10.0. The fourth-order valence-corrected chi connectivity index (χ4v) is 4.00. The SMILES string of the molecule is CC(=O)N1CCC(N[C@@H]2CO[C@H](CNC(=O)c3cccs3)[C@H]2O)CC1. The van der Waals surface area contributed by atoms with Crippen LogP contribution in [0.25, 0.3) is 0 Å². The molecule has 0 spiro atoms. The van der Waals surface area contributed by atoms with Gasteiger partial charge in [-0.3, -0.25) is 9.59 Å². The van der Waals surface area contributed by atoms with Gasteiger partial charge in [-0.1, -0.05) is 6.07 Å². The standard InChI is InChI=1S/C17H25N3O4S/c1-11(21)20-6-4-12(5-7-20)19-13-10-24-14(16(13)22)9-18-17(23)15-3-2-8-25-15/h2-3,8,12-14,16,19,22H,4-7,9-10H2,1H3,(H,18,23)/t13-,14-,16+/m1/s1. The first kappa shape index (κ1) is 18.3. The summed E-state index contributed by atoms with van der Waals surface area (Å²) in [5.74, 6) is -0.0250. The Morgan fingerprint density at radius 1 is 1.40 bits per heavy atom. The molecule has 1 aromatic heterocycles. The van der Waals surface area contributed by atoms with Gasteiger partial charge in [0.05, 0.1) is 23.6 Å². The molecule has 0 bridgehead atoms. The van der Waals surface area contributed by atoms with Gasteiger partial charge < -0.3 is 25.4 Å². The zero-order valence-electron chi connectivity index (χ0n) is 14.3. The van der Waals surface area contributed by atoms with Gasteiger partial charge in [0.15, 0.2) is 0 Å². The average Bonchev–Trinajstić information content (AvgIpc) is 3.25. The Hall–Kier alpha value is -1.48. The van der Waals surface area contributed by atoms with Crippen LogP contribution in [0.3, 0.4) is 0 Å². The van der Waals surface area contributed by atoms with E-state index in [-0.39, 0.29) is 23.9 Å². The summed E-state index contributed by atoms with van der Waals surface area (Å²) in [7, 11) is 0. The summed E-state index contributed by atoms with van der Waals surface area (Å²) in [5.41, 5.74) is 0. The van der Waals surface area contributed by atoms with E-state index in [0.717, 1.165) is 25.9 Å².